The molecule has 2 saturated heterocycles. The molecule has 0 radical (unpaired) electrons. The molecule has 40 heavy (non-hydrogen) atoms. The summed E-state index contributed by atoms with van der Waals surface area (Å²) in [6.07, 6.45) is 2.49. The molecule has 220 valence electrons. The molecule has 0 bridgehead atoms. The molecule has 2 heterocycles. The van der Waals surface area contributed by atoms with Gasteiger partial charge in [-0.05, 0) is 43.8 Å². The van der Waals surface area contributed by atoms with E-state index in [-0.39, 0.29) is 17.8 Å². The van der Waals surface area contributed by atoms with Crippen LogP contribution in [0.25, 0.3) is 0 Å². The molecule has 10 nitrogen and oxygen atoms in total. The van der Waals surface area contributed by atoms with Gasteiger partial charge in [0.1, 0.15) is 23.2 Å². The highest BCUT2D eigenvalue weighted by molar-refractivity contribution is 6.30. The molecule has 1 amide bonds. The van der Waals surface area contributed by atoms with E-state index in [1.165, 1.54) is 19.2 Å². The van der Waals surface area contributed by atoms with Crippen LogP contribution in [-0.4, -0.2) is 71.4 Å². The lowest BCUT2D eigenvalue weighted by atomic mass is 9.72. The maximum absolute atomic E-state index is 13.7. The van der Waals surface area contributed by atoms with Gasteiger partial charge in [0.05, 0.1) is 13.2 Å². The van der Waals surface area contributed by atoms with Crippen molar-refractivity contribution in [3.63, 3.8) is 0 Å². The van der Waals surface area contributed by atoms with Crippen LogP contribution in [0.4, 0.5) is 4.39 Å². The number of piperidine rings is 1. The maximum atomic E-state index is 13.7. The number of carbonyl (C=O) groups is 3. The standard InChI is InChI=1S/C25H29ClFNO4.C2H2O4.CH5N/c1-3-12-24(25(30-14-15-31-25)19-7-9-21(27)10-8-19)17-23(11-13-28(24)18(2)29)32-22-6-4-5-20(26)16-22;3-1(4)2(5)6;1-2/h4-10,16,23H,3,11-15,17H2,1-2H3;(H,3,4)(H,5,6);2H2,1H3. The molecular weight excluding hydrogens is 547 g/mol. The van der Waals surface area contributed by atoms with Crippen LogP contribution in [0.5, 0.6) is 5.75 Å². The van der Waals surface area contributed by atoms with Gasteiger partial charge in [0.25, 0.3) is 0 Å². The van der Waals surface area contributed by atoms with Gasteiger partial charge in [-0.3, -0.25) is 4.79 Å². The fourth-order valence-corrected chi connectivity index (χ4v) is 5.46. The zero-order valence-corrected chi connectivity index (χ0v) is 23.5. The number of carbonyl (C=O) groups excluding carboxylic acids is 1. The average Bonchev–Trinajstić information content (AvgIpc) is 3.42. The predicted octanol–water partition coefficient (Wildman–Crippen LogP) is 4.04. The van der Waals surface area contributed by atoms with Crippen molar-refractivity contribution in [1.82, 2.24) is 4.90 Å². The second kappa shape index (κ2) is 14.9. The second-order valence-electron chi connectivity index (χ2n) is 9.07. The van der Waals surface area contributed by atoms with Crippen LogP contribution in [0.3, 0.4) is 0 Å². The summed E-state index contributed by atoms with van der Waals surface area (Å²) < 4.78 is 32.8. The lowest BCUT2D eigenvalue weighted by Gasteiger charge is -2.56. The van der Waals surface area contributed by atoms with Crippen LogP contribution in [-0.2, 0) is 29.6 Å². The Morgan fingerprint density at radius 2 is 1.70 bits per heavy atom. The second-order valence-corrected chi connectivity index (χ2v) is 9.51. The first-order chi connectivity index (χ1) is 19.0. The Bertz CT molecular complexity index is 1130. The van der Waals surface area contributed by atoms with Crippen molar-refractivity contribution in [2.45, 2.75) is 57.0 Å². The number of halogens is 2. The normalized spacial score (nSPS) is 21.2. The smallest absolute Gasteiger partial charge is 0.414 e. The quantitative estimate of drug-likeness (QED) is 0.429. The number of carboxylic acids is 2. The molecule has 2 unspecified atom stereocenters. The van der Waals surface area contributed by atoms with Gasteiger partial charge in [-0.2, -0.15) is 0 Å². The summed E-state index contributed by atoms with van der Waals surface area (Å²) in [5.41, 5.74) is 4.41. The van der Waals surface area contributed by atoms with E-state index in [1.54, 1.807) is 31.2 Å². The van der Waals surface area contributed by atoms with Gasteiger partial charge in [0, 0.05) is 36.9 Å². The number of benzene rings is 2. The van der Waals surface area contributed by atoms with Crippen molar-refractivity contribution in [3.05, 3.63) is 64.9 Å². The highest BCUT2D eigenvalue weighted by Crippen LogP contribution is 2.52. The number of aliphatic carboxylic acids is 2. The minimum Gasteiger partial charge on any atom is -0.490 e. The number of nitrogens with zero attached hydrogens (tertiary/aromatic N) is 1. The van der Waals surface area contributed by atoms with Crippen LogP contribution in [0.1, 0.15) is 45.1 Å². The molecular formula is C28H36ClFN2O8. The first-order valence-corrected chi connectivity index (χ1v) is 13.2. The summed E-state index contributed by atoms with van der Waals surface area (Å²) in [7, 11) is 1.50. The third-order valence-corrected chi connectivity index (χ3v) is 6.85. The van der Waals surface area contributed by atoms with Crippen molar-refractivity contribution >= 4 is 29.4 Å². The molecule has 2 aromatic rings. The van der Waals surface area contributed by atoms with E-state index in [4.69, 9.17) is 45.6 Å². The van der Waals surface area contributed by atoms with Gasteiger partial charge in [-0.25, -0.2) is 14.0 Å². The highest BCUT2D eigenvalue weighted by atomic mass is 35.5. The summed E-state index contributed by atoms with van der Waals surface area (Å²) in [5, 5.41) is 15.4. The number of rotatable bonds is 6. The molecule has 2 aliphatic heterocycles. The number of nitrogens with two attached hydrogens (primary N) is 1. The summed E-state index contributed by atoms with van der Waals surface area (Å²) in [6, 6.07) is 13.5. The lowest BCUT2D eigenvalue weighted by Crippen LogP contribution is -2.68. The molecule has 0 spiro atoms. The van der Waals surface area contributed by atoms with Gasteiger partial charge < -0.3 is 35.1 Å². The number of amides is 1. The minimum atomic E-state index is -1.82. The van der Waals surface area contributed by atoms with E-state index in [2.05, 4.69) is 12.7 Å². The number of ether oxygens (including phenoxy) is 3. The zero-order valence-electron chi connectivity index (χ0n) is 22.8. The van der Waals surface area contributed by atoms with Crippen molar-refractivity contribution in [1.29, 1.82) is 0 Å². The largest absolute Gasteiger partial charge is 0.490 e. The molecule has 0 saturated carbocycles. The lowest BCUT2D eigenvalue weighted by molar-refractivity contribution is -0.268. The first-order valence-electron chi connectivity index (χ1n) is 12.8. The average molecular weight is 583 g/mol. The molecule has 2 fully saturated rings. The molecule has 4 rings (SSSR count). The van der Waals surface area contributed by atoms with E-state index in [0.29, 0.717) is 55.4 Å². The van der Waals surface area contributed by atoms with Crippen molar-refractivity contribution in [2.75, 3.05) is 26.8 Å². The Balaban J connectivity index is 0.000000622. The highest BCUT2D eigenvalue weighted by Gasteiger charge is 2.62. The monoisotopic (exact) mass is 582 g/mol. The van der Waals surface area contributed by atoms with Crippen LogP contribution in [0.2, 0.25) is 5.02 Å². The van der Waals surface area contributed by atoms with Crippen LogP contribution >= 0.6 is 11.6 Å². The van der Waals surface area contributed by atoms with Crippen LogP contribution in [0.15, 0.2) is 48.5 Å². The summed E-state index contributed by atoms with van der Waals surface area (Å²) >= 11 is 6.15. The van der Waals surface area contributed by atoms with E-state index in [1.807, 2.05) is 17.0 Å². The number of carboxylic acid groups (broad SMARTS) is 2. The Labute approximate surface area is 237 Å². The molecule has 2 atom stereocenters. The van der Waals surface area contributed by atoms with Gasteiger partial charge in [0.15, 0.2) is 0 Å². The molecule has 2 aliphatic rings. The topological polar surface area (TPSA) is 149 Å². The Morgan fingerprint density at radius 1 is 1.10 bits per heavy atom. The minimum absolute atomic E-state index is 0.0414. The Kier molecular flexibility index (Phi) is 12.3. The summed E-state index contributed by atoms with van der Waals surface area (Å²) in [4.78, 5) is 33.0. The van der Waals surface area contributed by atoms with Crippen molar-refractivity contribution in [2.24, 2.45) is 5.73 Å². The van der Waals surface area contributed by atoms with Crippen molar-refractivity contribution in [3.8, 4) is 5.75 Å². The van der Waals surface area contributed by atoms with E-state index in [9.17, 15) is 9.18 Å². The number of likely N-dealkylation sites (tertiary alicyclic amines) is 1. The molecule has 2 aromatic carbocycles. The van der Waals surface area contributed by atoms with Gasteiger partial charge in [-0.15, -0.1) is 0 Å². The van der Waals surface area contributed by atoms with Crippen molar-refractivity contribution < 1.29 is 43.2 Å². The molecule has 4 N–H and O–H groups in total. The zero-order chi connectivity index (χ0) is 29.9. The van der Waals surface area contributed by atoms with Gasteiger partial charge >= 0.3 is 11.9 Å². The number of hydrogen-bond donors (Lipinski definition) is 3. The third-order valence-electron chi connectivity index (χ3n) is 6.61. The molecule has 12 heteroatoms. The van der Waals surface area contributed by atoms with Gasteiger partial charge in [-0.1, -0.05) is 43.1 Å². The molecule has 0 aliphatic carbocycles. The predicted molar refractivity (Wildman–Crippen MR) is 145 cm³/mol. The molecule has 0 aromatic heterocycles. The SMILES string of the molecule is CCCC1(C2(c3ccc(F)cc3)OCCO2)CC(Oc2cccc(Cl)c2)CCN1C(C)=O.CN.O=C(O)C(=O)O. The Morgan fingerprint density at radius 3 is 2.20 bits per heavy atom. The summed E-state index contributed by atoms with van der Waals surface area (Å²) in [6.45, 7) is 4.96. The number of hydrogen-bond acceptors (Lipinski definition) is 7. The first kappa shape index (κ1) is 33.0. The summed E-state index contributed by atoms with van der Waals surface area (Å²) in [5.74, 6) is -4.53. The van der Waals surface area contributed by atoms with Crippen LogP contribution < -0.4 is 10.5 Å². The van der Waals surface area contributed by atoms with Gasteiger partial charge in [0.2, 0.25) is 11.7 Å². The maximum Gasteiger partial charge on any atom is 0.414 e. The van der Waals surface area contributed by atoms with E-state index in [0.717, 1.165) is 6.42 Å². The fourth-order valence-electron chi connectivity index (χ4n) is 5.28. The van der Waals surface area contributed by atoms with E-state index < -0.39 is 23.3 Å². The third kappa shape index (κ3) is 7.48. The fraction of sp³-hybridized carbons (Fsp3) is 0.464. The van der Waals surface area contributed by atoms with Crippen LogP contribution in [0, 0.1) is 5.82 Å². The Hall–Kier alpha value is -3.25. The van der Waals surface area contributed by atoms with E-state index >= 15 is 0 Å².